The van der Waals surface area contributed by atoms with Crippen molar-refractivity contribution in [2.45, 2.75) is 68.9 Å². The van der Waals surface area contributed by atoms with Crippen LogP contribution in [0, 0.1) is 28.6 Å². The van der Waals surface area contributed by atoms with Gasteiger partial charge in [-0.2, -0.15) is 0 Å². The number of carboxylic acid groups (broad SMARTS) is 1. The lowest BCUT2D eigenvalue weighted by Crippen LogP contribution is -2.69. The molecule has 0 saturated heterocycles. The van der Waals surface area contributed by atoms with E-state index in [-0.39, 0.29) is 12.2 Å². The number of aliphatic hydroxyl groups is 1. The number of ether oxygens (including phenoxy) is 2. The van der Waals surface area contributed by atoms with Crippen LogP contribution in [-0.4, -0.2) is 50.5 Å². The monoisotopic (exact) mass is 504 g/mol. The number of halogens is 3. The second-order valence-corrected chi connectivity index (χ2v) is 11.3. The summed E-state index contributed by atoms with van der Waals surface area (Å²) in [4.78, 5) is 34.5. The maximum absolute atomic E-state index is 17.1. The van der Waals surface area contributed by atoms with E-state index in [2.05, 4.69) is 0 Å². The van der Waals surface area contributed by atoms with Gasteiger partial charge in [-0.3, -0.25) is 4.79 Å². The highest BCUT2D eigenvalue weighted by Gasteiger charge is 2.77. The molecular formula is C23H27Cl2FO7. The van der Waals surface area contributed by atoms with Crippen LogP contribution in [0.15, 0.2) is 23.8 Å². The molecule has 7 nitrogen and oxygen atoms in total. The third-order valence-electron chi connectivity index (χ3n) is 8.75. The minimum Gasteiger partial charge on any atom is -0.450 e. The van der Waals surface area contributed by atoms with Crippen LogP contribution in [0.3, 0.4) is 0 Å². The number of hydrogen-bond acceptors (Lipinski definition) is 6. The van der Waals surface area contributed by atoms with Gasteiger partial charge < -0.3 is 19.7 Å². The Labute approximate surface area is 200 Å². The van der Waals surface area contributed by atoms with E-state index in [9.17, 15) is 24.6 Å². The summed E-state index contributed by atoms with van der Waals surface area (Å²) in [5.74, 6) is -5.13. The molecule has 3 saturated carbocycles. The van der Waals surface area contributed by atoms with Gasteiger partial charge >= 0.3 is 12.1 Å². The van der Waals surface area contributed by atoms with E-state index in [1.807, 2.05) is 0 Å². The number of ketones is 1. The summed E-state index contributed by atoms with van der Waals surface area (Å²) >= 11 is 11.4. The van der Waals surface area contributed by atoms with Crippen LogP contribution in [0.2, 0.25) is 0 Å². The minimum atomic E-state index is -2.11. The normalized spacial score (nSPS) is 46.2. The number of fused-ring (bicyclic) bond motifs is 5. The molecule has 3 fully saturated rings. The molecule has 0 aliphatic heterocycles. The Hall–Kier alpha value is -1.64. The van der Waals surface area contributed by atoms with Crippen LogP contribution in [0.5, 0.6) is 0 Å². The van der Waals surface area contributed by atoms with Gasteiger partial charge in [0.15, 0.2) is 11.5 Å². The van der Waals surface area contributed by atoms with Crippen molar-refractivity contribution in [3.8, 4) is 0 Å². The number of carbonyl (C=O) groups excluding carboxylic acids is 2. The summed E-state index contributed by atoms with van der Waals surface area (Å²) in [5.41, 5.74) is -3.91. The fourth-order valence-corrected chi connectivity index (χ4v) is 7.36. The standard InChI is InChI=1S/C23H27Cl2FO7/c1-11-8-15-14-5-4-12-9-13(27)6-7-20(12,2)22(14,26)16(28)10-21(15,3)23(11,33-19(30)31)32-18(29)17(24)25/h6-7,9,11,14-17,28H,4-5,8,10H2,1-3H3,(H,30,31)/t11-,14+,15+,16+,20+,21+,22+,23+/m1/s1. The maximum atomic E-state index is 17.1. The summed E-state index contributed by atoms with van der Waals surface area (Å²) in [6.07, 6.45) is 1.96. The zero-order chi connectivity index (χ0) is 24.6. The minimum absolute atomic E-state index is 0.216. The molecule has 0 aromatic heterocycles. The van der Waals surface area contributed by atoms with E-state index in [1.54, 1.807) is 20.8 Å². The predicted molar refractivity (Wildman–Crippen MR) is 116 cm³/mol. The average Bonchev–Trinajstić information content (AvgIpc) is 2.90. The zero-order valence-corrected chi connectivity index (χ0v) is 20.0. The van der Waals surface area contributed by atoms with E-state index in [4.69, 9.17) is 32.7 Å². The smallest absolute Gasteiger partial charge is 0.450 e. The van der Waals surface area contributed by atoms with E-state index in [0.29, 0.717) is 24.8 Å². The first-order valence-corrected chi connectivity index (χ1v) is 11.8. The highest BCUT2D eigenvalue weighted by atomic mass is 35.5. The fraction of sp³-hybridized carbons (Fsp3) is 0.696. The summed E-state index contributed by atoms with van der Waals surface area (Å²) in [7, 11) is 0. The van der Waals surface area contributed by atoms with Gasteiger partial charge in [0.25, 0.3) is 5.79 Å². The lowest BCUT2D eigenvalue weighted by molar-refractivity contribution is -0.297. The van der Waals surface area contributed by atoms with Crippen molar-refractivity contribution in [1.29, 1.82) is 0 Å². The quantitative estimate of drug-likeness (QED) is 0.334. The number of aliphatic hydroxyl groups excluding tert-OH is 1. The first kappa shape index (κ1) is 24.5. The Bertz CT molecular complexity index is 966. The highest BCUT2D eigenvalue weighted by Crippen LogP contribution is 2.71. The van der Waals surface area contributed by atoms with Gasteiger partial charge in [0.05, 0.1) is 11.5 Å². The number of esters is 1. The van der Waals surface area contributed by atoms with Crippen molar-refractivity contribution in [1.82, 2.24) is 0 Å². The molecule has 0 aromatic rings. The molecule has 10 heteroatoms. The van der Waals surface area contributed by atoms with Gasteiger partial charge in [0, 0.05) is 17.3 Å². The van der Waals surface area contributed by atoms with Gasteiger partial charge in [0.2, 0.25) is 4.84 Å². The van der Waals surface area contributed by atoms with Crippen molar-refractivity contribution in [3.63, 3.8) is 0 Å². The van der Waals surface area contributed by atoms with Gasteiger partial charge in [0.1, 0.15) is 0 Å². The Morgan fingerprint density at radius 1 is 1.24 bits per heavy atom. The number of hydrogen-bond donors (Lipinski definition) is 2. The molecule has 0 radical (unpaired) electrons. The molecule has 182 valence electrons. The Morgan fingerprint density at radius 2 is 1.91 bits per heavy atom. The molecule has 4 aliphatic rings. The van der Waals surface area contributed by atoms with Crippen LogP contribution < -0.4 is 0 Å². The predicted octanol–water partition coefficient (Wildman–Crippen LogP) is 4.34. The molecular weight excluding hydrogens is 478 g/mol. The first-order valence-electron chi connectivity index (χ1n) is 11.0. The molecule has 0 bridgehead atoms. The SMILES string of the molecule is C[C@@H]1C[C@H]2[C@@H]3CCC4=CC(=O)C=C[C@]4(C)[C@@]3(F)[C@@H](O)C[C@]2(C)[C@]1(OC(=O)O)OC(=O)C(Cl)Cl. The molecule has 0 heterocycles. The van der Waals surface area contributed by atoms with Crippen molar-refractivity contribution in [2.24, 2.45) is 28.6 Å². The van der Waals surface area contributed by atoms with Crippen molar-refractivity contribution < 1.29 is 38.5 Å². The highest BCUT2D eigenvalue weighted by molar-refractivity contribution is 6.52. The number of alkyl halides is 3. The van der Waals surface area contributed by atoms with Gasteiger partial charge in [-0.25, -0.2) is 14.0 Å². The van der Waals surface area contributed by atoms with E-state index < -0.39 is 63.1 Å². The second kappa shape index (κ2) is 7.68. The van der Waals surface area contributed by atoms with Crippen LogP contribution in [0.4, 0.5) is 9.18 Å². The summed E-state index contributed by atoms with van der Waals surface area (Å²) in [6.45, 7) is 5.01. The van der Waals surface area contributed by atoms with Crippen LogP contribution >= 0.6 is 23.2 Å². The van der Waals surface area contributed by atoms with Crippen LogP contribution in [0.25, 0.3) is 0 Å². The summed E-state index contributed by atoms with van der Waals surface area (Å²) in [6, 6.07) is 0. The van der Waals surface area contributed by atoms with E-state index in [0.717, 1.165) is 0 Å². The molecule has 4 aliphatic carbocycles. The second-order valence-electron chi connectivity index (χ2n) is 10.2. The van der Waals surface area contributed by atoms with Gasteiger partial charge in [-0.15, -0.1) is 0 Å². The van der Waals surface area contributed by atoms with Crippen molar-refractivity contribution in [2.75, 3.05) is 0 Å². The van der Waals surface area contributed by atoms with Crippen LogP contribution in [-0.2, 0) is 19.1 Å². The Balaban J connectivity index is 1.83. The average molecular weight is 505 g/mol. The molecule has 0 spiro atoms. The molecule has 0 amide bonds. The third kappa shape index (κ3) is 3.13. The zero-order valence-electron chi connectivity index (χ0n) is 18.5. The number of carbonyl (C=O) groups is 3. The molecule has 0 unspecified atom stereocenters. The summed E-state index contributed by atoms with van der Waals surface area (Å²) < 4.78 is 28.0. The lowest BCUT2D eigenvalue weighted by atomic mass is 9.45. The fourth-order valence-electron chi connectivity index (χ4n) is 7.27. The first-order chi connectivity index (χ1) is 15.2. The largest absolute Gasteiger partial charge is 0.509 e. The summed E-state index contributed by atoms with van der Waals surface area (Å²) in [5, 5.41) is 20.8. The topological polar surface area (TPSA) is 110 Å². The molecule has 2 N–H and O–H groups in total. The number of rotatable bonds is 3. The maximum Gasteiger partial charge on any atom is 0.509 e. The third-order valence-corrected chi connectivity index (χ3v) is 9.11. The van der Waals surface area contributed by atoms with Crippen molar-refractivity contribution >= 4 is 41.1 Å². The van der Waals surface area contributed by atoms with Crippen LogP contribution in [0.1, 0.15) is 46.5 Å². The Kier molecular flexibility index (Phi) is 5.70. The molecule has 0 aromatic carbocycles. The molecule has 8 atom stereocenters. The number of allylic oxidation sites excluding steroid dienone is 4. The van der Waals surface area contributed by atoms with E-state index >= 15 is 4.39 Å². The molecule has 4 rings (SSSR count). The lowest BCUT2D eigenvalue weighted by Gasteiger charge is -2.62. The Morgan fingerprint density at radius 3 is 2.52 bits per heavy atom. The van der Waals surface area contributed by atoms with Gasteiger partial charge in [-0.1, -0.05) is 48.7 Å². The molecule has 33 heavy (non-hydrogen) atoms. The van der Waals surface area contributed by atoms with Crippen molar-refractivity contribution in [3.05, 3.63) is 23.8 Å². The van der Waals surface area contributed by atoms with E-state index in [1.165, 1.54) is 18.2 Å². The van der Waals surface area contributed by atoms with Gasteiger partial charge in [-0.05, 0) is 50.7 Å².